The van der Waals surface area contributed by atoms with Crippen LogP contribution in [0.1, 0.15) is 17.3 Å². The van der Waals surface area contributed by atoms with E-state index in [2.05, 4.69) is 4.98 Å². The van der Waals surface area contributed by atoms with Crippen molar-refractivity contribution in [3.63, 3.8) is 0 Å². The minimum absolute atomic E-state index is 0.0289. The Morgan fingerprint density at radius 2 is 2.00 bits per heavy atom. The van der Waals surface area contributed by atoms with Crippen LogP contribution in [-0.2, 0) is 6.42 Å². The molecular weight excluding hydrogens is 258 g/mol. The van der Waals surface area contributed by atoms with Gasteiger partial charge in [-0.1, -0.05) is 17.7 Å². The van der Waals surface area contributed by atoms with Gasteiger partial charge in [0.15, 0.2) is 0 Å². The summed E-state index contributed by atoms with van der Waals surface area (Å²) in [6.45, 7) is 0. The number of aromatic nitrogens is 1. The highest BCUT2D eigenvalue weighted by Gasteiger charge is 2.13. The SMILES string of the molecule is NC(Cc1ccc(F)c(Cl)c1)c1ncccc1F. The average molecular weight is 269 g/mol. The molecule has 0 aliphatic heterocycles. The zero-order valence-electron chi connectivity index (χ0n) is 9.41. The predicted octanol–water partition coefficient (Wildman–Crippen LogP) is 3.26. The summed E-state index contributed by atoms with van der Waals surface area (Å²) in [6, 6.07) is 6.53. The van der Waals surface area contributed by atoms with Gasteiger partial charge in [-0.05, 0) is 36.2 Å². The standard InChI is InChI=1S/C13H11ClF2N2/c14-9-6-8(3-4-10(9)15)7-12(17)13-11(16)2-1-5-18-13/h1-6,12H,7,17H2. The maximum atomic E-state index is 13.5. The normalized spacial score (nSPS) is 12.4. The molecule has 94 valence electrons. The lowest BCUT2D eigenvalue weighted by Crippen LogP contribution is -2.16. The van der Waals surface area contributed by atoms with E-state index in [4.69, 9.17) is 17.3 Å². The van der Waals surface area contributed by atoms with Gasteiger partial charge in [0, 0.05) is 6.20 Å². The molecule has 0 fully saturated rings. The number of nitrogens with two attached hydrogens (primary N) is 1. The summed E-state index contributed by atoms with van der Waals surface area (Å²) < 4.78 is 26.4. The highest BCUT2D eigenvalue weighted by molar-refractivity contribution is 6.30. The van der Waals surface area contributed by atoms with Crippen molar-refractivity contribution >= 4 is 11.6 Å². The second-order valence-corrected chi connectivity index (χ2v) is 4.34. The first kappa shape index (κ1) is 12.9. The molecule has 1 heterocycles. The molecule has 0 amide bonds. The second kappa shape index (κ2) is 5.42. The van der Waals surface area contributed by atoms with Gasteiger partial charge in [0.2, 0.25) is 0 Å². The average Bonchev–Trinajstić information content (AvgIpc) is 2.34. The zero-order chi connectivity index (χ0) is 13.1. The Balaban J connectivity index is 2.19. The van der Waals surface area contributed by atoms with E-state index in [9.17, 15) is 8.78 Å². The number of nitrogens with zero attached hydrogens (tertiary/aromatic N) is 1. The van der Waals surface area contributed by atoms with Gasteiger partial charge in [-0.15, -0.1) is 0 Å². The summed E-state index contributed by atoms with van der Waals surface area (Å²) in [7, 11) is 0. The Bertz CT molecular complexity index is 560. The first-order valence-corrected chi connectivity index (χ1v) is 5.75. The van der Waals surface area contributed by atoms with Gasteiger partial charge in [-0.25, -0.2) is 8.78 Å². The zero-order valence-corrected chi connectivity index (χ0v) is 10.2. The molecule has 2 N–H and O–H groups in total. The quantitative estimate of drug-likeness (QED) is 0.928. The third-order valence-corrected chi connectivity index (χ3v) is 2.87. The minimum atomic E-state index is -0.590. The van der Waals surface area contributed by atoms with Crippen LogP contribution >= 0.6 is 11.6 Å². The molecule has 2 nitrogen and oxygen atoms in total. The molecule has 2 aromatic rings. The molecule has 0 aliphatic carbocycles. The third kappa shape index (κ3) is 2.83. The summed E-state index contributed by atoms with van der Waals surface area (Å²) in [4.78, 5) is 3.91. The lowest BCUT2D eigenvalue weighted by molar-refractivity contribution is 0.563. The number of hydrogen-bond donors (Lipinski definition) is 1. The van der Waals surface area contributed by atoms with Crippen LogP contribution < -0.4 is 5.73 Å². The predicted molar refractivity (Wildman–Crippen MR) is 66.2 cm³/mol. The maximum absolute atomic E-state index is 13.5. The fraction of sp³-hybridized carbons (Fsp3) is 0.154. The lowest BCUT2D eigenvalue weighted by atomic mass is 10.0. The topological polar surface area (TPSA) is 38.9 Å². The van der Waals surface area contributed by atoms with Crippen LogP contribution in [0.15, 0.2) is 36.5 Å². The molecular formula is C13H11ClF2N2. The molecule has 0 bridgehead atoms. The molecule has 1 aromatic carbocycles. The molecule has 1 unspecified atom stereocenters. The second-order valence-electron chi connectivity index (χ2n) is 3.93. The van der Waals surface area contributed by atoms with Gasteiger partial charge in [-0.2, -0.15) is 0 Å². The van der Waals surface area contributed by atoms with Gasteiger partial charge in [0.1, 0.15) is 11.6 Å². The van der Waals surface area contributed by atoms with Crippen LogP contribution in [0.2, 0.25) is 5.02 Å². The first-order chi connectivity index (χ1) is 8.58. The fourth-order valence-electron chi connectivity index (χ4n) is 1.69. The molecule has 1 aromatic heterocycles. The van der Waals surface area contributed by atoms with E-state index in [-0.39, 0.29) is 10.7 Å². The van der Waals surface area contributed by atoms with E-state index in [1.54, 1.807) is 6.07 Å². The Morgan fingerprint density at radius 1 is 1.22 bits per heavy atom. The molecule has 18 heavy (non-hydrogen) atoms. The van der Waals surface area contributed by atoms with Crippen molar-refractivity contribution in [2.75, 3.05) is 0 Å². The third-order valence-electron chi connectivity index (χ3n) is 2.58. The van der Waals surface area contributed by atoms with E-state index in [1.165, 1.54) is 30.5 Å². The number of benzene rings is 1. The molecule has 0 aliphatic rings. The van der Waals surface area contributed by atoms with Crippen LogP contribution in [-0.4, -0.2) is 4.98 Å². The Kier molecular flexibility index (Phi) is 3.89. The van der Waals surface area contributed by atoms with Gasteiger partial charge in [0.05, 0.1) is 16.8 Å². The van der Waals surface area contributed by atoms with E-state index >= 15 is 0 Å². The van der Waals surface area contributed by atoms with Crippen molar-refractivity contribution in [2.45, 2.75) is 12.5 Å². The summed E-state index contributed by atoms with van der Waals surface area (Å²) >= 11 is 5.67. The Morgan fingerprint density at radius 3 is 2.67 bits per heavy atom. The van der Waals surface area contributed by atoms with Gasteiger partial charge in [0.25, 0.3) is 0 Å². The van der Waals surface area contributed by atoms with E-state index in [0.29, 0.717) is 6.42 Å². The lowest BCUT2D eigenvalue weighted by Gasteiger charge is -2.12. The van der Waals surface area contributed by atoms with Crippen LogP contribution in [0.25, 0.3) is 0 Å². The van der Waals surface area contributed by atoms with Crippen molar-refractivity contribution in [2.24, 2.45) is 5.73 Å². The smallest absolute Gasteiger partial charge is 0.146 e. The fourth-order valence-corrected chi connectivity index (χ4v) is 1.89. The number of hydrogen-bond acceptors (Lipinski definition) is 2. The summed E-state index contributed by atoms with van der Waals surface area (Å²) in [5, 5.41) is 0.0289. The van der Waals surface area contributed by atoms with Crippen molar-refractivity contribution in [1.82, 2.24) is 4.98 Å². The van der Waals surface area contributed by atoms with E-state index in [0.717, 1.165) is 5.56 Å². The van der Waals surface area contributed by atoms with Crippen molar-refractivity contribution in [3.05, 3.63) is 64.4 Å². The molecule has 0 saturated heterocycles. The van der Waals surface area contributed by atoms with Crippen LogP contribution in [0, 0.1) is 11.6 Å². The van der Waals surface area contributed by atoms with E-state index in [1.807, 2.05) is 0 Å². The van der Waals surface area contributed by atoms with Gasteiger partial charge in [-0.3, -0.25) is 4.98 Å². The summed E-state index contributed by atoms with van der Waals surface area (Å²) in [5.74, 6) is -0.934. The maximum Gasteiger partial charge on any atom is 0.146 e. The van der Waals surface area contributed by atoms with Crippen LogP contribution in [0.4, 0.5) is 8.78 Å². The number of rotatable bonds is 3. The molecule has 5 heteroatoms. The number of pyridine rings is 1. The summed E-state index contributed by atoms with van der Waals surface area (Å²) in [5.41, 5.74) is 6.80. The Labute approximate surface area is 108 Å². The Hall–Kier alpha value is -1.52. The number of halogens is 3. The molecule has 2 rings (SSSR count). The molecule has 0 spiro atoms. The van der Waals surface area contributed by atoms with E-state index < -0.39 is 17.7 Å². The summed E-state index contributed by atoms with van der Waals surface area (Å²) in [6.07, 6.45) is 1.82. The molecule has 1 atom stereocenters. The van der Waals surface area contributed by atoms with Gasteiger partial charge >= 0.3 is 0 Å². The monoisotopic (exact) mass is 268 g/mol. The first-order valence-electron chi connectivity index (χ1n) is 5.38. The van der Waals surface area contributed by atoms with Crippen LogP contribution in [0.5, 0.6) is 0 Å². The molecule has 0 saturated carbocycles. The highest BCUT2D eigenvalue weighted by atomic mass is 35.5. The highest BCUT2D eigenvalue weighted by Crippen LogP contribution is 2.21. The molecule has 0 radical (unpaired) electrons. The van der Waals surface area contributed by atoms with Crippen molar-refractivity contribution in [3.8, 4) is 0 Å². The van der Waals surface area contributed by atoms with Gasteiger partial charge < -0.3 is 5.73 Å². The van der Waals surface area contributed by atoms with Crippen LogP contribution in [0.3, 0.4) is 0 Å². The van der Waals surface area contributed by atoms with Crippen molar-refractivity contribution < 1.29 is 8.78 Å². The largest absolute Gasteiger partial charge is 0.322 e. The van der Waals surface area contributed by atoms with Crippen molar-refractivity contribution in [1.29, 1.82) is 0 Å². The minimum Gasteiger partial charge on any atom is -0.322 e.